The van der Waals surface area contributed by atoms with Gasteiger partial charge in [0.25, 0.3) is 0 Å². The summed E-state index contributed by atoms with van der Waals surface area (Å²) in [6.07, 6.45) is 0.902. The molecule has 0 saturated heterocycles. The Balaban J connectivity index is 5.86. The first kappa shape index (κ1) is 22.3. The number of nitrogens with zero attached hydrogens (tertiary/aromatic N) is 3. The molecule has 0 saturated carbocycles. The average molecular weight is 338 g/mol. The SMILES string of the molecule is CO/C(=C/C(OC(C#N)C(N(C)C)N(C)C)=C(\N)C(C)C)C(C)C. The van der Waals surface area contributed by atoms with Gasteiger partial charge in [-0.05, 0) is 34.1 Å². The lowest BCUT2D eigenvalue weighted by molar-refractivity contribution is 0.00970. The van der Waals surface area contributed by atoms with Crippen LogP contribution in [0, 0.1) is 23.2 Å². The van der Waals surface area contributed by atoms with Gasteiger partial charge in [-0.25, -0.2) is 0 Å². The van der Waals surface area contributed by atoms with Crippen molar-refractivity contribution >= 4 is 0 Å². The van der Waals surface area contributed by atoms with Crippen LogP contribution in [0.2, 0.25) is 0 Å². The van der Waals surface area contributed by atoms with E-state index in [2.05, 4.69) is 6.07 Å². The molecule has 24 heavy (non-hydrogen) atoms. The summed E-state index contributed by atoms with van der Waals surface area (Å²) in [6.45, 7) is 8.04. The highest BCUT2D eigenvalue weighted by Crippen LogP contribution is 2.21. The Bertz CT molecular complexity index is 480. The molecule has 2 N–H and O–H groups in total. The van der Waals surface area contributed by atoms with Crippen molar-refractivity contribution in [2.45, 2.75) is 40.0 Å². The molecule has 0 bridgehead atoms. The first-order valence-corrected chi connectivity index (χ1v) is 8.21. The molecule has 6 nitrogen and oxygen atoms in total. The van der Waals surface area contributed by atoms with E-state index in [0.717, 1.165) is 5.76 Å². The molecule has 0 aliphatic rings. The van der Waals surface area contributed by atoms with Gasteiger partial charge < -0.3 is 15.2 Å². The van der Waals surface area contributed by atoms with Gasteiger partial charge in [-0.15, -0.1) is 0 Å². The third-order valence-electron chi connectivity index (χ3n) is 3.69. The molecule has 6 heteroatoms. The Morgan fingerprint density at radius 3 is 1.83 bits per heavy atom. The second-order valence-electron chi connectivity index (χ2n) is 6.89. The van der Waals surface area contributed by atoms with E-state index < -0.39 is 6.10 Å². The zero-order chi connectivity index (χ0) is 19.0. The van der Waals surface area contributed by atoms with Crippen molar-refractivity contribution in [1.82, 2.24) is 9.80 Å². The number of ether oxygens (including phenoxy) is 2. The van der Waals surface area contributed by atoms with Crippen molar-refractivity contribution in [2.24, 2.45) is 17.6 Å². The monoisotopic (exact) mass is 338 g/mol. The summed E-state index contributed by atoms with van der Waals surface area (Å²) in [5.74, 6) is 1.54. The molecule has 138 valence electrons. The van der Waals surface area contributed by atoms with Crippen molar-refractivity contribution in [3.63, 3.8) is 0 Å². The molecule has 0 aromatic carbocycles. The predicted molar refractivity (Wildman–Crippen MR) is 97.6 cm³/mol. The standard InChI is InChI=1S/C18H34N4O2/c1-12(2)14(23-9)10-15(17(20)13(3)4)24-16(11-19)18(21(5)6)22(7)8/h10,12-13,16,18H,20H2,1-9H3/b14-10+,17-15+. The lowest BCUT2D eigenvalue weighted by Crippen LogP contribution is -2.49. The Morgan fingerprint density at radius 2 is 1.54 bits per heavy atom. The molecular formula is C18H34N4O2. The molecule has 0 rings (SSSR count). The Kier molecular flexibility index (Phi) is 9.49. The van der Waals surface area contributed by atoms with Gasteiger partial charge >= 0.3 is 0 Å². The van der Waals surface area contributed by atoms with Gasteiger partial charge in [-0.3, -0.25) is 9.80 Å². The number of likely N-dealkylation sites (N-methyl/N-ethyl adjacent to an activating group) is 2. The quantitative estimate of drug-likeness (QED) is 0.395. The minimum Gasteiger partial charge on any atom is -0.501 e. The lowest BCUT2D eigenvalue weighted by Gasteiger charge is -2.34. The topological polar surface area (TPSA) is 74.8 Å². The van der Waals surface area contributed by atoms with Crippen LogP contribution < -0.4 is 5.73 Å². The van der Waals surface area contributed by atoms with Crippen LogP contribution in [0.3, 0.4) is 0 Å². The molecule has 0 spiro atoms. The van der Waals surface area contributed by atoms with Gasteiger partial charge in [-0.1, -0.05) is 27.7 Å². The second-order valence-corrected chi connectivity index (χ2v) is 6.89. The fraction of sp³-hybridized carbons (Fsp3) is 0.722. The van der Waals surface area contributed by atoms with Gasteiger partial charge in [0.05, 0.1) is 12.8 Å². The highest BCUT2D eigenvalue weighted by molar-refractivity contribution is 5.23. The van der Waals surface area contributed by atoms with Gasteiger partial charge in [0, 0.05) is 12.0 Å². The van der Waals surface area contributed by atoms with Gasteiger partial charge in [0.15, 0.2) is 0 Å². The summed E-state index contributed by atoms with van der Waals surface area (Å²) in [6, 6.07) is 2.24. The van der Waals surface area contributed by atoms with E-state index in [9.17, 15) is 5.26 Å². The summed E-state index contributed by atoms with van der Waals surface area (Å²) in [4.78, 5) is 3.89. The Labute approximate surface area is 147 Å². The number of rotatable bonds is 9. The first-order chi connectivity index (χ1) is 11.1. The fourth-order valence-electron chi connectivity index (χ4n) is 2.35. The third-order valence-corrected chi connectivity index (χ3v) is 3.69. The number of nitrogens with two attached hydrogens (primary N) is 1. The van der Waals surface area contributed by atoms with Crippen LogP contribution in [-0.4, -0.2) is 57.4 Å². The van der Waals surface area contributed by atoms with Crippen molar-refractivity contribution in [1.29, 1.82) is 5.26 Å². The normalized spacial score (nSPS) is 15.1. The van der Waals surface area contributed by atoms with Crippen LogP contribution in [0.25, 0.3) is 0 Å². The molecular weight excluding hydrogens is 304 g/mol. The number of hydrogen-bond donors (Lipinski definition) is 1. The lowest BCUT2D eigenvalue weighted by atomic mass is 10.1. The number of allylic oxidation sites excluding steroid dienone is 3. The minimum absolute atomic E-state index is 0.0954. The predicted octanol–water partition coefficient (Wildman–Crippen LogP) is 2.36. The van der Waals surface area contributed by atoms with Crippen LogP contribution in [0.4, 0.5) is 0 Å². The van der Waals surface area contributed by atoms with Crippen molar-refractivity contribution in [2.75, 3.05) is 35.3 Å². The zero-order valence-corrected chi connectivity index (χ0v) is 16.6. The van der Waals surface area contributed by atoms with E-state index in [1.165, 1.54) is 0 Å². The van der Waals surface area contributed by atoms with E-state index in [1.807, 2.05) is 65.7 Å². The molecule has 0 aliphatic carbocycles. The number of methoxy groups -OCH3 is 1. The molecule has 0 aromatic heterocycles. The molecule has 1 unspecified atom stereocenters. The molecule has 0 aromatic rings. The second kappa shape index (κ2) is 10.2. The van der Waals surface area contributed by atoms with Crippen LogP contribution >= 0.6 is 0 Å². The fourth-order valence-corrected chi connectivity index (χ4v) is 2.35. The van der Waals surface area contributed by atoms with E-state index in [1.54, 1.807) is 13.2 Å². The van der Waals surface area contributed by atoms with Crippen LogP contribution in [0.1, 0.15) is 27.7 Å². The number of hydrogen-bond acceptors (Lipinski definition) is 6. The summed E-state index contributed by atoms with van der Waals surface area (Å²) >= 11 is 0. The van der Waals surface area contributed by atoms with E-state index in [4.69, 9.17) is 15.2 Å². The highest BCUT2D eigenvalue weighted by atomic mass is 16.5. The maximum absolute atomic E-state index is 9.62. The minimum atomic E-state index is -0.691. The molecule has 0 amide bonds. The smallest absolute Gasteiger partial charge is 0.213 e. The van der Waals surface area contributed by atoms with Gasteiger partial charge in [-0.2, -0.15) is 5.26 Å². The zero-order valence-electron chi connectivity index (χ0n) is 16.6. The molecule has 0 aliphatic heterocycles. The van der Waals surface area contributed by atoms with E-state index >= 15 is 0 Å². The van der Waals surface area contributed by atoms with Crippen molar-refractivity contribution < 1.29 is 9.47 Å². The molecule has 0 radical (unpaired) electrons. The van der Waals surface area contributed by atoms with Crippen molar-refractivity contribution in [3.05, 3.63) is 23.3 Å². The summed E-state index contributed by atoms with van der Waals surface area (Å²) in [5.41, 5.74) is 6.84. The molecule has 0 fully saturated rings. The van der Waals surface area contributed by atoms with Crippen LogP contribution in [0.5, 0.6) is 0 Å². The maximum atomic E-state index is 9.62. The highest BCUT2D eigenvalue weighted by Gasteiger charge is 2.28. The molecule has 0 heterocycles. The molecule has 1 atom stereocenters. The summed E-state index contributed by atoms with van der Waals surface area (Å²) in [5, 5.41) is 9.62. The summed E-state index contributed by atoms with van der Waals surface area (Å²) in [7, 11) is 9.28. The Hall–Kier alpha value is -1.71. The van der Waals surface area contributed by atoms with Gasteiger partial charge in [0.1, 0.15) is 23.8 Å². The maximum Gasteiger partial charge on any atom is 0.213 e. The summed E-state index contributed by atoms with van der Waals surface area (Å²) < 4.78 is 11.5. The van der Waals surface area contributed by atoms with E-state index in [-0.39, 0.29) is 18.0 Å². The van der Waals surface area contributed by atoms with Crippen molar-refractivity contribution in [3.8, 4) is 6.07 Å². The van der Waals surface area contributed by atoms with Crippen LogP contribution in [-0.2, 0) is 9.47 Å². The average Bonchev–Trinajstić information content (AvgIpc) is 2.47. The van der Waals surface area contributed by atoms with Crippen LogP contribution in [0.15, 0.2) is 23.3 Å². The Morgan fingerprint density at radius 1 is 1.04 bits per heavy atom. The largest absolute Gasteiger partial charge is 0.501 e. The third kappa shape index (κ3) is 6.42. The van der Waals surface area contributed by atoms with E-state index in [0.29, 0.717) is 11.5 Å². The van der Waals surface area contributed by atoms with Gasteiger partial charge in [0.2, 0.25) is 6.10 Å². The number of nitriles is 1. The first-order valence-electron chi connectivity index (χ1n) is 8.21.